The Bertz CT molecular complexity index is 612. The maximum absolute atomic E-state index is 12.7. The standard InChI is InChI=1S/C18H25N3O3/c1-24-11-9-19-18(23)20-15-7-6-13-8-10-21(16(13)12-15)17(22)14-4-2-3-5-14/h6-7,12,14H,2-5,8-11H2,1H3,(H2,19,20,23). The van der Waals surface area contributed by atoms with Gasteiger partial charge in [-0.05, 0) is 37.0 Å². The second-order valence-electron chi connectivity index (χ2n) is 6.44. The summed E-state index contributed by atoms with van der Waals surface area (Å²) >= 11 is 0. The molecule has 0 saturated heterocycles. The molecule has 0 radical (unpaired) electrons. The summed E-state index contributed by atoms with van der Waals surface area (Å²) in [4.78, 5) is 26.5. The Hall–Kier alpha value is -2.08. The van der Waals surface area contributed by atoms with Crippen molar-refractivity contribution < 1.29 is 14.3 Å². The van der Waals surface area contributed by atoms with Gasteiger partial charge in [-0.15, -0.1) is 0 Å². The van der Waals surface area contributed by atoms with E-state index in [1.54, 1.807) is 7.11 Å². The number of hydrogen-bond acceptors (Lipinski definition) is 3. The van der Waals surface area contributed by atoms with Crippen molar-refractivity contribution in [3.63, 3.8) is 0 Å². The van der Waals surface area contributed by atoms with Gasteiger partial charge >= 0.3 is 6.03 Å². The van der Waals surface area contributed by atoms with Gasteiger partial charge in [0.25, 0.3) is 0 Å². The largest absolute Gasteiger partial charge is 0.383 e. The van der Waals surface area contributed by atoms with Crippen LogP contribution in [0.15, 0.2) is 18.2 Å². The van der Waals surface area contributed by atoms with Crippen molar-refractivity contribution in [3.05, 3.63) is 23.8 Å². The second-order valence-corrected chi connectivity index (χ2v) is 6.44. The Morgan fingerprint density at radius 3 is 2.83 bits per heavy atom. The minimum atomic E-state index is -0.265. The number of benzene rings is 1. The number of fused-ring (bicyclic) bond motifs is 1. The topological polar surface area (TPSA) is 70.7 Å². The van der Waals surface area contributed by atoms with Crippen LogP contribution >= 0.6 is 0 Å². The molecule has 6 heteroatoms. The van der Waals surface area contributed by atoms with E-state index in [0.29, 0.717) is 18.8 Å². The Kier molecular flexibility index (Phi) is 5.35. The quantitative estimate of drug-likeness (QED) is 0.815. The van der Waals surface area contributed by atoms with Gasteiger partial charge in [0, 0.05) is 37.5 Å². The number of nitrogens with zero attached hydrogens (tertiary/aromatic N) is 1. The molecule has 0 atom stereocenters. The molecule has 3 rings (SSSR count). The molecule has 1 aromatic rings. The molecule has 1 fully saturated rings. The molecule has 2 aliphatic rings. The summed E-state index contributed by atoms with van der Waals surface area (Å²) in [5, 5.41) is 5.54. The van der Waals surface area contributed by atoms with Gasteiger partial charge in [0.2, 0.25) is 5.91 Å². The fraction of sp³-hybridized carbons (Fsp3) is 0.556. The fourth-order valence-electron chi connectivity index (χ4n) is 3.52. The summed E-state index contributed by atoms with van der Waals surface area (Å²) in [5.41, 5.74) is 2.82. The van der Waals surface area contributed by atoms with E-state index in [2.05, 4.69) is 10.6 Å². The van der Waals surface area contributed by atoms with Gasteiger partial charge in [0.05, 0.1) is 6.61 Å². The third-order valence-corrected chi connectivity index (χ3v) is 4.80. The van der Waals surface area contributed by atoms with Crippen LogP contribution in [0.25, 0.3) is 0 Å². The van der Waals surface area contributed by atoms with Gasteiger partial charge in [-0.1, -0.05) is 18.9 Å². The molecule has 3 amide bonds. The zero-order chi connectivity index (χ0) is 16.9. The molecule has 130 valence electrons. The number of amides is 3. The fourth-order valence-corrected chi connectivity index (χ4v) is 3.52. The molecule has 1 aliphatic carbocycles. The van der Waals surface area contributed by atoms with E-state index in [-0.39, 0.29) is 17.9 Å². The molecule has 0 aromatic heterocycles. The number of hydrogen-bond donors (Lipinski definition) is 2. The number of rotatable bonds is 5. The Morgan fingerprint density at radius 1 is 1.29 bits per heavy atom. The predicted molar refractivity (Wildman–Crippen MR) is 93.4 cm³/mol. The Labute approximate surface area is 142 Å². The molecule has 0 bridgehead atoms. The van der Waals surface area contributed by atoms with Crippen molar-refractivity contribution in [3.8, 4) is 0 Å². The van der Waals surface area contributed by atoms with Crippen LogP contribution in [0, 0.1) is 5.92 Å². The molecule has 24 heavy (non-hydrogen) atoms. The van der Waals surface area contributed by atoms with Crippen molar-refractivity contribution in [1.82, 2.24) is 5.32 Å². The minimum Gasteiger partial charge on any atom is -0.383 e. The van der Waals surface area contributed by atoms with Crippen molar-refractivity contribution >= 4 is 23.3 Å². The first-order valence-electron chi connectivity index (χ1n) is 8.67. The monoisotopic (exact) mass is 331 g/mol. The average Bonchev–Trinajstić information content (AvgIpc) is 3.24. The first kappa shape index (κ1) is 16.8. The van der Waals surface area contributed by atoms with Crippen LogP contribution in [0.3, 0.4) is 0 Å². The summed E-state index contributed by atoms with van der Waals surface area (Å²) < 4.78 is 4.91. The third-order valence-electron chi connectivity index (χ3n) is 4.80. The second kappa shape index (κ2) is 7.66. The van der Waals surface area contributed by atoms with Crippen molar-refractivity contribution in [1.29, 1.82) is 0 Å². The normalized spacial score (nSPS) is 17.0. The van der Waals surface area contributed by atoms with E-state index in [4.69, 9.17) is 4.74 Å². The van der Waals surface area contributed by atoms with E-state index in [1.807, 2.05) is 23.1 Å². The van der Waals surface area contributed by atoms with Gasteiger partial charge in [-0.3, -0.25) is 4.79 Å². The summed E-state index contributed by atoms with van der Waals surface area (Å²) in [6, 6.07) is 5.53. The molecule has 0 spiro atoms. The molecule has 0 unspecified atom stereocenters. The van der Waals surface area contributed by atoms with Crippen LogP contribution in [-0.4, -0.2) is 38.7 Å². The average molecular weight is 331 g/mol. The molecular formula is C18H25N3O3. The molecule has 1 saturated carbocycles. The number of methoxy groups -OCH3 is 1. The lowest BCUT2D eigenvalue weighted by atomic mass is 10.1. The minimum absolute atomic E-state index is 0.171. The highest BCUT2D eigenvalue weighted by Crippen LogP contribution is 2.35. The number of ether oxygens (including phenoxy) is 1. The molecule has 1 aliphatic heterocycles. The van der Waals surface area contributed by atoms with Gasteiger partial charge < -0.3 is 20.3 Å². The van der Waals surface area contributed by atoms with Crippen molar-refractivity contribution in [2.24, 2.45) is 5.92 Å². The Balaban J connectivity index is 1.67. The lowest BCUT2D eigenvalue weighted by molar-refractivity contribution is -0.122. The first-order valence-corrected chi connectivity index (χ1v) is 8.67. The van der Waals surface area contributed by atoms with E-state index >= 15 is 0 Å². The van der Waals surface area contributed by atoms with E-state index in [0.717, 1.165) is 44.3 Å². The number of anilines is 2. The Morgan fingerprint density at radius 2 is 2.08 bits per heavy atom. The van der Waals surface area contributed by atoms with Gasteiger partial charge in [-0.25, -0.2) is 4.79 Å². The lowest BCUT2D eigenvalue weighted by Gasteiger charge is -2.21. The van der Waals surface area contributed by atoms with Crippen LogP contribution in [-0.2, 0) is 16.0 Å². The number of carbonyl (C=O) groups excluding carboxylic acids is 2. The van der Waals surface area contributed by atoms with Crippen molar-refractivity contribution in [2.45, 2.75) is 32.1 Å². The lowest BCUT2D eigenvalue weighted by Crippen LogP contribution is -2.34. The highest BCUT2D eigenvalue weighted by atomic mass is 16.5. The van der Waals surface area contributed by atoms with Gasteiger partial charge in [0.15, 0.2) is 0 Å². The summed E-state index contributed by atoms with van der Waals surface area (Å²) in [5.74, 6) is 0.415. The van der Waals surface area contributed by atoms with E-state index in [1.165, 1.54) is 5.56 Å². The van der Waals surface area contributed by atoms with Crippen LogP contribution in [0.1, 0.15) is 31.2 Å². The molecule has 2 N–H and O–H groups in total. The number of carbonyl (C=O) groups is 2. The summed E-state index contributed by atoms with van der Waals surface area (Å²) in [6.07, 6.45) is 5.20. The highest BCUT2D eigenvalue weighted by Gasteiger charge is 2.31. The first-order chi connectivity index (χ1) is 11.7. The van der Waals surface area contributed by atoms with Crippen LogP contribution in [0.2, 0.25) is 0 Å². The zero-order valence-electron chi connectivity index (χ0n) is 14.1. The van der Waals surface area contributed by atoms with Crippen molar-refractivity contribution in [2.75, 3.05) is 37.0 Å². The summed E-state index contributed by atoms with van der Waals surface area (Å²) in [6.45, 7) is 1.68. The SMILES string of the molecule is COCCNC(=O)Nc1ccc2c(c1)N(C(=O)C1CCCC1)CC2. The van der Waals surface area contributed by atoms with Gasteiger partial charge in [0.1, 0.15) is 0 Å². The predicted octanol–water partition coefficient (Wildman–Crippen LogP) is 2.53. The number of nitrogens with one attached hydrogen (secondary N) is 2. The van der Waals surface area contributed by atoms with Crippen LogP contribution in [0.5, 0.6) is 0 Å². The maximum Gasteiger partial charge on any atom is 0.319 e. The zero-order valence-corrected chi connectivity index (χ0v) is 14.1. The third kappa shape index (κ3) is 3.70. The molecule has 1 heterocycles. The number of urea groups is 1. The molecule has 1 aromatic carbocycles. The van der Waals surface area contributed by atoms with E-state index in [9.17, 15) is 9.59 Å². The van der Waals surface area contributed by atoms with E-state index < -0.39 is 0 Å². The highest BCUT2D eigenvalue weighted by molar-refractivity contribution is 5.98. The summed E-state index contributed by atoms with van der Waals surface area (Å²) in [7, 11) is 1.59. The van der Waals surface area contributed by atoms with Crippen LogP contribution in [0.4, 0.5) is 16.2 Å². The maximum atomic E-state index is 12.7. The molecule has 6 nitrogen and oxygen atoms in total. The van der Waals surface area contributed by atoms with Crippen LogP contribution < -0.4 is 15.5 Å². The smallest absolute Gasteiger partial charge is 0.319 e. The van der Waals surface area contributed by atoms with Gasteiger partial charge in [-0.2, -0.15) is 0 Å². The molecular weight excluding hydrogens is 306 g/mol.